The molecule has 0 aliphatic carbocycles. The average Bonchev–Trinajstić information content (AvgIpc) is 3.24. The average molecular weight is 498 g/mol. The summed E-state index contributed by atoms with van der Waals surface area (Å²) in [5, 5.41) is 18.4. The molecule has 1 N–H and O–H groups in total. The van der Waals surface area contributed by atoms with Crippen molar-refractivity contribution in [1.29, 1.82) is 0 Å². The number of nitro groups is 1. The number of anilines is 1. The zero-order valence-corrected chi connectivity index (χ0v) is 18.5. The van der Waals surface area contributed by atoms with Gasteiger partial charge in [0.2, 0.25) is 5.91 Å². The van der Waals surface area contributed by atoms with Crippen molar-refractivity contribution in [2.45, 2.75) is 19.9 Å². The van der Waals surface area contributed by atoms with Gasteiger partial charge in [0.25, 0.3) is 17.5 Å². The number of nitrogens with zero attached hydrogens (tertiary/aromatic N) is 4. The number of amides is 3. The Balaban J connectivity index is 1.62. The molecule has 32 heavy (non-hydrogen) atoms. The van der Waals surface area contributed by atoms with E-state index in [2.05, 4.69) is 26.3 Å². The Morgan fingerprint density at radius 3 is 2.56 bits per heavy atom. The summed E-state index contributed by atoms with van der Waals surface area (Å²) in [5.74, 6) is -1.93. The maximum absolute atomic E-state index is 13.0. The van der Waals surface area contributed by atoms with E-state index in [1.165, 1.54) is 23.7 Å². The summed E-state index contributed by atoms with van der Waals surface area (Å²) in [6, 6.07) is 11.5. The second-order valence-corrected chi connectivity index (χ2v) is 8.08. The first-order chi connectivity index (χ1) is 15.2. The summed E-state index contributed by atoms with van der Waals surface area (Å²) < 4.78 is 2.35. The number of carbonyl (C=O) groups excluding carboxylic acids is 3. The minimum Gasteiger partial charge on any atom is -0.309 e. The molecule has 0 saturated carbocycles. The predicted octanol–water partition coefficient (Wildman–Crippen LogP) is 3.47. The van der Waals surface area contributed by atoms with Gasteiger partial charge in [-0.1, -0.05) is 28.1 Å². The first-order valence-corrected chi connectivity index (χ1v) is 10.3. The van der Waals surface area contributed by atoms with Crippen LogP contribution in [0.15, 0.2) is 53.0 Å². The number of benzene rings is 2. The van der Waals surface area contributed by atoms with Crippen molar-refractivity contribution in [2.24, 2.45) is 0 Å². The van der Waals surface area contributed by atoms with E-state index in [1.54, 1.807) is 19.1 Å². The number of halogens is 1. The van der Waals surface area contributed by atoms with Gasteiger partial charge >= 0.3 is 0 Å². The maximum atomic E-state index is 13.0. The zero-order chi connectivity index (χ0) is 23.2. The molecular formula is C21H16BrN5O5. The standard InChI is InChI=1S/C21H16BrN5O5/c1-11-9-17(26(24-11)14-6-3-5-13(22)10-14)23-19(28)12(2)25-20(29)15-7-4-8-16(27(31)32)18(15)21(25)30/h3-10,12H,1-2H3,(H,23,28). The summed E-state index contributed by atoms with van der Waals surface area (Å²) >= 11 is 3.39. The van der Waals surface area contributed by atoms with Gasteiger partial charge in [0.15, 0.2) is 0 Å². The Morgan fingerprint density at radius 2 is 1.88 bits per heavy atom. The van der Waals surface area contributed by atoms with Crippen molar-refractivity contribution in [3.63, 3.8) is 0 Å². The number of hydrogen-bond donors (Lipinski definition) is 1. The highest BCUT2D eigenvalue weighted by molar-refractivity contribution is 9.10. The SMILES string of the molecule is Cc1cc(NC(=O)C(C)N2C(=O)c3cccc([N+](=O)[O-])c3C2=O)n(-c2cccc(Br)c2)n1. The van der Waals surface area contributed by atoms with Crippen LogP contribution in [0.4, 0.5) is 11.5 Å². The molecule has 0 bridgehead atoms. The zero-order valence-electron chi connectivity index (χ0n) is 16.9. The smallest absolute Gasteiger partial charge is 0.282 e. The van der Waals surface area contributed by atoms with E-state index in [1.807, 2.05) is 18.2 Å². The minimum absolute atomic E-state index is 0.0983. The van der Waals surface area contributed by atoms with Crippen LogP contribution in [0.5, 0.6) is 0 Å². The van der Waals surface area contributed by atoms with E-state index in [0.29, 0.717) is 17.2 Å². The maximum Gasteiger partial charge on any atom is 0.282 e. The molecule has 0 fully saturated rings. The van der Waals surface area contributed by atoms with Crippen LogP contribution in [0.25, 0.3) is 5.69 Å². The van der Waals surface area contributed by atoms with Gasteiger partial charge in [-0.15, -0.1) is 0 Å². The molecule has 11 heteroatoms. The van der Waals surface area contributed by atoms with Crippen LogP contribution in [0.2, 0.25) is 0 Å². The van der Waals surface area contributed by atoms with Gasteiger partial charge in [-0.05, 0) is 38.1 Å². The Hall–Kier alpha value is -3.86. The van der Waals surface area contributed by atoms with Crippen molar-refractivity contribution >= 4 is 45.2 Å². The lowest BCUT2D eigenvalue weighted by molar-refractivity contribution is -0.385. The molecule has 1 atom stereocenters. The fourth-order valence-electron chi connectivity index (χ4n) is 3.53. The molecule has 1 unspecified atom stereocenters. The van der Waals surface area contributed by atoms with E-state index in [0.717, 1.165) is 15.4 Å². The van der Waals surface area contributed by atoms with E-state index in [4.69, 9.17) is 0 Å². The highest BCUT2D eigenvalue weighted by atomic mass is 79.9. The normalized spacial score (nSPS) is 13.8. The van der Waals surface area contributed by atoms with Crippen molar-refractivity contribution in [2.75, 3.05) is 5.32 Å². The molecular weight excluding hydrogens is 482 g/mol. The lowest BCUT2D eigenvalue weighted by Crippen LogP contribution is -2.45. The largest absolute Gasteiger partial charge is 0.309 e. The number of imide groups is 1. The third-order valence-electron chi connectivity index (χ3n) is 5.02. The molecule has 0 saturated heterocycles. The number of nitrogens with one attached hydrogen (secondary N) is 1. The quantitative estimate of drug-likeness (QED) is 0.326. The van der Waals surface area contributed by atoms with E-state index >= 15 is 0 Å². The molecule has 0 spiro atoms. The Kier molecular flexibility index (Phi) is 5.35. The fourth-order valence-corrected chi connectivity index (χ4v) is 3.92. The number of nitro benzene ring substituents is 1. The molecule has 0 radical (unpaired) electrons. The second kappa shape index (κ2) is 8.00. The van der Waals surface area contributed by atoms with Gasteiger partial charge in [0.1, 0.15) is 17.4 Å². The van der Waals surface area contributed by atoms with Crippen LogP contribution in [-0.2, 0) is 4.79 Å². The predicted molar refractivity (Wildman–Crippen MR) is 118 cm³/mol. The van der Waals surface area contributed by atoms with Crippen LogP contribution < -0.4 is 5.32 Å². The molecule has 10 nitrogen and oxygen atoms in total. The number of hydrogen-bond acceptors (Lipinski definition) is 6. The molecule has 3 amide bonds. The third kappa shape index (κ3) is 3.56. The Labute approximate surface area is 190 Å². The lowest BCUT2D eigenvalue weighted by Gasteiger charge is -2.21. The van der Waals surface area contributed by atoms with Crippen LogP contribution in [0.3, 0.4) is 0 Å². The van der Waals surface area contributed by atoms with Crippen LogP contribution >= 0.6 is 15.9 Å². The summed E-state index contributed by atoms with van der Waals surface area (Å²) in [6.07, 6.45) is 0. The monoisotopic (exact) mass is 497 g/mol. The molecule has 2 aromatic carbocycles. The topological polar surface area (TPSA) is 127 Å². The minimum atomic E-state index is -1.21. The van der Waals surface area contributed by atoms with Crippen molar-refractivity contribution < 1.29 is 19.3 Å². The summed E-state index contributed by atoms with van der Waals surface area (Å²) in [7, 11) is 0. The van der Waals surface area contributed by atoms with Gasteiger partial charge in [-0.25, -0.2) is 4.68 Å². The van der Waals surface area contributed by atoms with E-state index in [9.17, 15) is 24.5 Å². The first kappa shape index (κ1) is 21.4. The first-order valence-electron chi connectivity index (χ1n) is 9.48. The molecule has 4 rings (SSSR count). The van der Waals surface area contributed by atoms with E-state index < -0.39 is 34.4 Å². The molecule has 1 aliphatic heterocycles. The number of rotatable bonds is 5. The van der Waals surface area contributed by atoms with Crippen molar-refractivity contribution in [3.8, 4) is 5.69 Å². The number of aromatic nitrogens is 2. The highest BCUT2D eigenvalue weighted by Gasteiger charge is 2.45. The van der Waals surface area contributed by atoms with Crippen molar-refractivity contribution in [3.05, 3.63) is 79.9 Å². The second-order valence-electron chi connectivity index (χ2n) is 7.16. The van der Waals surface area contributed by atoms with Crippen molar-refractivity contribution in [1.82, 2.24) is 14.7 Å². The summed E-state index contributed by atoms with van der Waals surface area (Å²) in [5.41, 5.74) is 0.450. The molecule has 2 heterocycles. The molecule has 3 aromatic rings. The van der Waals surface area contributed by atoms with Crippen LogP contribution in [0.1, 0.15) is 33.3 Å². The van der Waals surface area contributed by atoms with Gasteiger partial charge in [-0.3, -0.25) is 29.4 Å². The van der Waals surface area contributed by atoms with Gasteiger partial charge in [0, 0.05) is 16.6 Å². The molecule has 1 aliphatic rings. The van der Waals surface area contributed by atoms with Gasteiger partial charge in [-0.2, -0.15) is 5.10 Å². The van der Waals surface area contributed by atoms with Crippen LogP contribution in [-0.4, -0.2) is 43.4 Å². The third-order valence-corrected chi connectivity index (χ3v) is 5.52. The number of carbonyl (C=O) groups is 3. The fraction of sp³-hybridized carbons (Fsp3) is 0.143. The Bertz CT molecular complexity index is 1300. The number of fused-ring (bicyclic) bond motifs is 1. The molecule has 1 aromatic heterocycles. The Morgan fingerprint density at radius 1 is 1.16 bits per heavy atom. The number of aryl methyl sites for hydroxylation is 1. The summed E-state index contributed by atoms with van der Waals surface area (Å²) in [4.78, 5) is 49.9. The highest BCUT2D eigenvalue weighted by Crippen LogP contribution is 2.32. The van der Waals surface area contributed by atoms with Crippen LogP contribution in [0, 0.1) is 17.0 Å². The lowest BCUT2D eigenvalue weighted by atomic mass is 10.1. The van der Waals surface area contributed by atoms with Gasteiger partial charge < -0.3 is 5.32 Å². The molecule has 162 valence electrons. The van der Waals surface area contributed by atoms with E-state index in [-0.39, 0.29) is 11.1 Å². The summed E-state index contributed by atoms with van der Waals surface area (Å²) in [6.45, 7) is 3.15. The van der Waals surface area contributed by atoms with Gasteiger partial charge in [0.05, 0.1) is 21.9 Å².